The maximum atomic E-state index is 6.67. The first kappa shape index (κ1) is 20.7. The Morgan fingerprint density at radius 2 is 1.81 bits per heavy atom. The Bertz CT molecular complexity index is 646. The summed E-state index contributed by atoms with van der Waals surface area (Å²) in [4.78, 5) is 0. The molecular formula is C24H39NOSi. The quantitative estimate of drug-likeness (QED) is 0.584. The zero-order valence-electron chi connectivity index (χ0n) is 18.2. The monoisotopic (exact) mass is 385 g/mol. The zero-order chi connectivity index (χ0) is 19.7. The molecule has 0 spiro atoms. The van der Waals surface area contributed by atoms with Crippen LogP contribution in [0.2, 0.25) is 18.1 Å². The number of rotatable bonds is 5. The van der Waals surface area contributed by atoms with Crippen molar-refractivity contribution in [3.05, 3.63) is 47.7 Å². The molecule has 3 heteroatoms. The molecule has 2 aliphatic carbocycles. The number of allylic oxidation sites excluding steroid dienone is 2. The van der Waals surface area contributed by atoms with E-state index in [0.717, 1.165) is 30.7 Å². The van der Waals surface area contributed by atoms with Crippen molar-refractivity contribution >= 4 is 8.32 Å². The van der Waals surface area contributed by atoms with Gasteiger partial charge in [0.15, 0.2) is 0 Å². The van der Waals surface area contributed by atoms with Crippen molar-refractivity contribution in [2.75, 3.05) is 0 Å². The Kier molecular flexibility index (Phi) is 6.22. The van der Waals surface area contributed by atoms with Gasteiger partial charge in [-0.05, 0) is 66.8 Å². The Morgan fingerprint density at radius 3 is 2.48 bits per heavy atom. The molecule has 150 valence electrons. The number of hydrogen-bond donors (Lipinski definition) is 1. The molecule has 27 heavy (non-hydrogen) atoms. The summed E-state index contributed by atoms with van der Waals surface area (Å²) in [6, 6.07) is 11.4. The van der Waals surface area contributed by atoms with Crippen LogP contribution < -0.4 is 5.32 Å². The Balaban J connectivity index is 1.65. The largest absolute Gasteiger partial charge is 0.547 e. The van der Waals surface area contributed by atoms with E-state index in [4.69, 9.17) is 4.43 Å². The van der Waals surface area contributed by atoms with Crippen LogP contribution in [0, 0.1) is 17.8 Å². The van der Waals surface area contributed by atoms with E-state index in [9.17, 15) is 0 Å². The first-order valence-electron chi connectivity index (χ1n) is 10.8. The summed E-state index contributed by atoms with van der Waals surface area (Å²) in [5.74, 6) is 3.62. The molecule has 3 rings (SSSR count). The second kappa shape index (κ2) is 8.12. The van der Waals surface area contributed by atoms with Crippen LogP contribution in [0.5, 0.6) is 0 Å². The SMILES string of the molecule is C[C@@H]1C[C@H]2CC(O[Si](C)(C)C(C)(C)C)=CC[C@H]2[C@@H](NCc2ccccc2)C1. The molecule has 0 saturated heterocycles. The van der Waals surface area contributed by atoms with Crippen molar-refractivity contribution < 1.29 is 4.43 Å². The lowest BCUT2D eigenvalue weighted by Gasteiger charge is -2.45. The first-order chi connectivity index (χ1) is 12.7. The summed E-state index contributed by atoms with van der Waals surface area (Å²) in [5.41, 5.74) is 1.39. The minimum atomic E-state index is -1.73. The van der Waals surface area contributed by atoms with Crippen LogP contribution in [0.4, 0.5) is 0 Å². The summed E-state index contributed by atoms with van der Waals surface area (Å²) in [6.07, 6.45) is 7.40. The molecule has 1 N–H and O–H groups in total. The number of nitrogens with one attached hydrogen (secondary N) is 1. The third-order valence-electron chi connectivity index (χ3n) is 7.17. The van der Waals surface area contributed by atoms with Crippen LogP contribution in [0.15, 0.2) is 42.2 Å². The van der Waals surface area contributed by atoms with Gasteiger partial charge < -0.3 is 9.74 Å². The lowest BCUT2D eigenvalue weighted by molar-refractivity contribution is 0.115. The Labute approximate surface area is 167 Å². The van der Waals surface area contributed by atoms with E-state index < -0.39 is 8.32 Å². The van der Waals surface area contributed by atoms with E-state index in [1.165, 1.54) is 30.6 Å². The molecule has 0 aromatic heterocycles. The van der Waals surface area contributed by atoms with Crippen molar-refractivity contribution in [1.29, 1.82) is 0 Å². The molecule has 1 aromatic carbocycles. The fourth-order valence-corrected chi connectivity index (χ4v) is 5.70. The maximum Gasteiger partial charge on any atom is 0.250 e. The summed E-state index contributed by atoms with van der Waals surface area (Å²) >= 11 is 0. The molecule has 4 atom stereocenters. The summed E-state index contributed by atoms with van der Waals surface area (Å²) < 4.78 is 6.67. The van der Waals surface area contributed by atoms with Crippen LogP contribution >= 0.6 is 0 Å². The molecule has 0 aliphatic heterocycles. The summed E-state index contributed by atoms with van der Waals surface area (Å²) in [6.45, 7) is 15.1. The predicted molar refractivity (Wildman–Crippen MR) is 118 cm³/mol. The van der Waals surface area contributed by atoms with Gasteiger partial charge in [0.1, 0.15) is 0 Å². The summed E-state index contributed by atoms with van der Waals surface area (Å²) in [5, 5.41) is 4.16. The van der Waals surface area contributed by atoms with E-state index in [-0.39, 0.29) is 5.04 Å². The number of fused-ring (bicyclic) bond motifs is 1. The minimum absolute atomic E-state index is 0.268. The van der Waals surface area contributed by atoms with Gasteiger partial charge in [-0.1, -0.05) is 58.0 Å². The van der Waals surface area contributed by atoms with Gasteiger partial charge in [-0.25, -0.2) is 0 Å². The van der Waals surface area contributed by atoms with Crippen molar-refractivity contribution in [2.45, 2.75) is 84.1 Å². The second-order valence-electron chi connectivity index (χ2n) is 10.4. The van der Waals surface area contributed by atoms with Gasteiger partial charge in [-0.3, -0.25) is 0 Å². The predicted octanol–water partition coefficient (Wildman–Crippen LogP) is 6.51. The number of benzene rings is 1. The lowest BCUT2D eigenvalue weighted by Crippen LogP contribution is -2.46. The van der Waals surface area contributed by atoms with Gasteiger partial charge in [0.2, 0.25) is 8.32 Å². The Morgan fingerprint density at radius 1 is 1.11 bits per heavy atom. The van der Waals surface area contributed by atoms with Crippen LogP contribution in [-0.2, 0) is 11.0 Å². The fourth-order valence-electron chi connectivity index (χ4n) is 4.57. The first-order valence-corrected chi connectivity index (χ1v) is 13.7. The summed E-state index contributed by atoms with van der Waals surface area (Å²) in [7, 11) is -1.73. The topological polar surface area (TPSA) is 21.3 Å². The van der Waals surface area contributed by atoms with Crippen LogP contribution in [-0.4, -0.2) is 14.4 Å². The van der Waals surface area contributed by atoms with Crippen molar-refractivity contribution in [3.8, 4) is 0 Å². The highest BCUT2D eigenvalue weighted by molar-refractivity contribution is 6.74. The molecule has 1 fully saturated rings. The zero-order valence-corrected chi connectivity index (χ0v) is 19.2. The minimum Gasteiger partial charge on any atom is -0.547 e. The van der Waals surface area contributed by atoms with Gasteiger partial charge in [-0.2, -0.15) is 0 Å². The van der Waals surface area contributed by atoms with Gasteiger partial charge in [0.25, 0.3) is 0 Å². The number of hydrogen-bond acceptors (Lipinski definition) is 2. The third kappa shape index (κ3) is 5.06. The highest BCUT2D eigenvalue weighted by atomic mass is 28.4. The van der Waals surface area contributed by atoms with E-state index in [1.54, 1.807) is 0 Å². The molecule has 0 heterocycles. The Hall–Kier alpha value is -1.06. The average molecular weight is 386 g/mol. The maximum absolute atomic E-state index is 6.67. The third-order valence-corrected chi connectivity index (χ3v) is 11.6. The van der Waals surface area contributed by atoms with Gasteiger partial charge in [0.05, 0.1) is 5.76 Å². The standard InChI is InChI=1S/C24H39NOSi/c1-18-14-20-16-21(26-27(5,6)24(2,3)4)12-13-22(20)23(15-18)25-17-19-10-8-7-9-11-19/h7-12,18,20,22-23,25H,13-17H2,1-6H3/t18-,20+,22-,23+/m1/s1. The normalized spacial score (nSPS) is 29.0. The van der Waals surface area contributed by atoms with Crippen molar-refractivity contribution in [3.63, 3.8) is 0 Å². The van der Waals surface area contributed by atoms with E-state index in [1.807, 2.05) is 0 Å². The fraction of sp³-hybridized carbons (Fsp3) is 0.667. The molecule has 2 aliphatic rings. The second-order valence-corrected chi connectivity index (χ2v) is 15.2. The van der Waals surface area contributed by atoms with Crippen LogP contribution in [0.1, 0.15) is 58.9 Å². The van der Waals surface area contributed by atoms with Crippen molar-refractivity contribution in [2.24, 2.45) is 17.8 Å². The molecule has 1 saturated carbocycles. The highest BCUT2D eigenvalue weighted by Gasteiger charge is 2.42. The smallest absolute Gasteiger partial charge is 0.250 e. The van der Waals surface area contributed by atoms with E-state index in [0.29, 0.717) is 6.04 Å². The van der Waals surface area contributed by atoms with Crippen molar-refractivity contribution in [1.82, 2.24) is 5.32 Å². The molecule has 0 radical (unpaired) electrons. The molecule has 0 bridgehead atoms. The van der Waals surface area contributed by atoms with Gasteiger partial charge in [-0.15, -0.1) is 0 Å². The molecule has 1 aromatic rings. The molecule has 0 amide bonds. The van der Waals surface area contributed by atoms with E-state index >= 15 is 0 Å². The molecular weight excluding hydrogens is 346 g/mol. The average Bonchev–Trinajstić information content (AvgIpc) is 2.59. The van der Waals surface area contributed by atoms with Gasteiger partial charge in [0, 0.05) is 19.0 Å². The van der Waals surface area contributed by atoms with Crippen LogP contribution in [0.25, 0.3) is 0 Å². The van der Waals surface area contributed by atoms with E-state index in [2.05, 4.69) is 82.5 Å². The van der Waals surface area contributed by atoms with Crippen LogP contribution in [0.3, 0.4) is 0 Å². The molecule has 2 nitrogen and oxygen atoms in total. The molecule has 0 unspecified atom stereocenters. The van der Waals surface area contributed by atoms with Gasteiger partial charge >= 0.3 is 0 Å². The highest BCUT2D eigenvalue weighted by Crippen LogP contribution is 2.45. The lowest BCUT2D eigenvalue weighted by atomic mass is 9.67.